The van der Waals surface area contributed by atoms with Crippen molar-refractivity contribution >= 4 is 11.9 Å². The number of fused-ring (bicyclic) bond motifs is 4. The van der Waals surface area contributed by atoms with E-state index in [1.807, 2.05) is 0 Å². The molecule has 11 heteroatoms. The summed E-state index contributed by atoms with van der Waals surface area (Å²) in [6.45, 7) is 4.17. The summed E-state index contributed by atoms with van der Waals surface area (Å²) in [5.74, 6) is -1.76. The van der Waals surface area contributed by atoms with Gasteiger partial charge in [0.15, 0.2) is 12.4 Å². The highest BCUT2D eigenvalue weighted by molar-refractivity contribution is 5.66. The highest BCUT2D eigenvalue weighted by atomic mass is 16.8. The van der Waals surface area contributed by atoms with Crippen LogP contribution in [0.15, 0.2) is 0 Å². The van der Waals surface area contributed by atoms with Crippen LogP contribution in [0.4, 0.5) is 0 Å². The van der Waals surface area contributed by atoms with Crippen molar-refractivity contribution in [3.63, 3.8) is 0 Å². The molecule has 130 valence electrons. The van der Waals surface area contributed by atoms with Crippen LogP contribution < -0.4 is 0 Å². The van der Waals surface area contributed by atoms with Crippen molar-refractivity contribution in [3.05, 3.63) is 5.82 Å². The average Bonchev–Trinajstić information content (AvgIpc) is 3.08. The second-order valence-electron chi connectivity index (χ2n) is 6.00. The Labute approximate surface area is 136 Å². The summed E-state index contributed by atoms with van der Waals surface area (Å²) in [6.07, 6.45) is -2.80. The molecule has 0 unspecified atom stereocenters. The average molecular weight is 340 g/mol. The number of carbonyl (C=O) groups excluding carboxylic acids is 2. The van der Waals surface area contributed by atoms with Gasteiger partial charge in [-0.2, -0.15) is 0 Å². The lowest BCUT2D eigenvalue weighted by Crippen LogP contribution is -2.57. The minimum atomic E-state index is -1.15. The zero-order chi connectivity index (χ0) is 17.1. The van der Waals surface area contributed by atoms with Gasteiger partial charge in [0.25, 0.3) is 0 Å². The number of rotatable bonds is 3. The first-order valence-corrected chi connectivity index (χ1v) is 7.49. The zero-order valence-corrected chi connectivity index (χ0v) is 13.2. The minimum Gasteiger partial charge on any atom is -0.463 e. The molecule has 0 amide bonds. The van der Waals surface area contributed by atoms with Gasteiger partial charge in [0.2, 0.25) is 11.6 Å². The molecule has 0 spiro atoms. The van der Waals surface area contributed by atoms with Gasteiger partial charge in [-0.3, -0.25) is 9.59 Å². The highest BCUT2D eigenvalue weighted by Gasteiger charge is 2.64. The van der Waals surface area contributed by atoms with E-state index in [0.717, 1.165) is 0 Å². The summed E-state index contributed by atoms with van der Waals surface area (Å²) < 4.78 is 29.6. The quantitative estimate of drug-likeness (QED) is 0.635. The van der Waals surface area contributed by atoms with Crippen molar-refractivity contribution in [1.82, 2.24) is 20.2 Å². The number of hydrogen-bond acceptors (Lipinski definition) is 10. The maximum Gasteiger partial charge on any atom is 0.303 e. The van der Waals surface area contributed by atoms with Crippen molar-refractivity contribution < 1.29 is 33.3 Å². The molecular formula is C13H16N4O7. The summed E-state index contributed by atoms with van der Waals surface area (Å²) in [7, 11) is 0. The Morgan fingerprint density at radius 3 is 2.79 bits per heavy atom. The summed E-state index contributed by atoms with van der Waals surface area (Å²) in [6, 6.07) is -0.547. The highest BCUT2D eigenvalue weighted by Crippen LogP contribution is 2.50. The Morgan fingerprint density at radius 1 is 1.29 bits per heavy atom. The third kappa shape index (κ3) is 2.19. The fourth-order valence-electron chi connectivity index (χ4n) is 3.37. The normalized spacial score (nSPS) is 39.2. The molecule has 1 aromatic rings. The number of nitrogens with zero attached hydrogens (tertiary/aromatic N) is 4. The van der Waals surface area contributed by atoms with E-state index >= 15 is 0 Å². The monoisotopic (exact) mass is 340 g/mol. The maximum atomic E-state index is 11.6. The van der Waals surface area contributed by atoms with E-state index < -0.39 is 48.4 Å². The largest absolute Gasteiger partial charge is 0.463 e. The molecule has 0 N–H and O–H groups in total. The fraction of sp³-hybridized carbons (Fsp3) is 0.769. The Morgan fingerprint density at radius 2 is 2.08 bits per heavy atom. The van der Waals surface area contributed by atoms with Crippen molar-refractivity contribution in [3.8, 4) is 0 Å². The lowest BCUT2D eigenvalue weighted by Gasteiger charge is -2.42. The van der Waals surface area contributed by atoms with Crippen LogP contribution in [0.3, 0.4) is 0 Å². The fourth-order valence-corrected chi connectivity index (χ4v) is 3.37. The van der Waals surface area contributed by atoms with Crippen molar-refractivity contribution in [1.29, 1.82) is 0 Å². The minimum absolute atomic E-state index is 0.0927. The van der Waals surface area contributed by atoms with Crippen LogP contribution in [0.5, 0.6) is 0 Å². The van der Waals surface area contributed by atoms with Gasteiger partial charge in [0.05, 0.1) is 0 Å². The van der Waals surface area contributed by atoms with Crippen LogP contribution in [0.1, 0.15) is 32.6 Å². The maximum absolute atomic E-state index is 11.6. The summed E-state index contributed by atoms with van der Waals surface area (Å²) in [4.78, 5) is 22.7. The predicted octanol–water partition coefficient (Wildman–Crippen LogP) is -0.964. The molecule has 0 aromatic carbocycles. The van der Waals surface area contributed by atoms with E-state index in [1.165, 1.54) is 18.5 Å². The molecule has 1 aromatic heterocycles. The molecule has 0 aliphatic carbocycles. The third-order valence-corrected chi connectivity index (χ3v) is 4.25. The van der Waals surface area contributed by atoms with Crippen LogP contribution in [0.2, 0.25) is 0 Å². The molecule has 4 heterocycles. The second kappa shape index (κ2) is 5.19. The number of hydrogen-bond donors (Lipinski definition) is 0. The lowest BCUT2D eigenvalue weighted by molar-refractivity contribution is -0.247. The number of ether oxygens (including phenoxy) is 5. The standard InChI is InChI=1S/C13H16N4O7/c1-5(18)20-4-7-9(21-6(2)19)8-10-11(22-7)24-13(3,23-10)12-14-15-16-17(8)12/h7-11H,4H2,1-3H3/t7-,8-,9-,10-,11-,13+/m1/s1. The lowest BCUT2D eigenvalue weighted by atomic mass is 9.95. The van der Waals surface area contributed by atoms with Crippen molar-refractivity contribution in [2.45, 2.75) is 57.2 Å². The number of aromatic nitrogens is 4. The van der Waals surface area contributed by atoms with E-state index in [2.05, 4.69) is 15.5 Å². The van der Waals surface area contributed by atoms with Gasteiger partial charge in [-0.15, -0.1) is 5.10 Å². The van der Waals surface area contributed by atoms with E-state index in [4.69, 9.17) is 23.7 Å². The predicted molar refractivity (Wildman–Crippen MR) is 71.0 cm³/mol. The first-order valence-electron chi connectivity index (χ1n) is 7.49. The number of tetrazole rings is 1. The van der Waals surface area contributed by atoms with Gasteiger partial charge in [-0.25, -0.2) is 4.68 Å². The first-order chi connectivity index (χ1) is 11.4. The molecule has 11 nitrogen and oxygen atoms in total. The van der Waals surface area contributed by atoms with Crippen molar-refractivity contribution in [2.24, 2.45) is 0 Å². The topological polar surface area (TPSA) is 124 Å². The molecule has 2 saturated heterocycles. The van der Waals surface area contributed by atoms with Crippen LogP contribution in [-0.2, 0) is 39.1 Å². The van der Waals surface area contributed by atoms with E-state index in [-0.39, 0.29) is 6.61 Å². The molecule has 2 bridgehead atoms. The SMILES string of the molecule is CC(=O)OC[C@H]1O[C@@H]2O[C@]3(C)O[C@@H]2[C@@H]([C@@H]1OC(C)=O)n1nnnc13. The summed E-state index contributed by atoms with van der Waals surface area (Å²) in [5, 5.41) is 11.6. The Bertz CT molecular complexity index is 694. The van der Waals surface area contributed by atoms with Gasteiger partial charge < -0.3 is 23.7 Å². The Kier molecular flexibility index (Phi) is 3.34. The first kappa shape index (κ1) is 15.4. The van der Waals surface area contributed by atoms with E-state index in [9.17, 15) is 9.59 Å². The second-order valence-corrected chi connectivity index (χ2v) is 6.00. The van der Waals surface area contributed by atoms with E-state index in [1.54, 1.807) is 6.92 Å². The van der Waals surface area contributed by atoms with Crippen LogP contribution >= 0.6 is 0 Å². The molecule has 0 saturated carbocycles. The number of esters is 2. The zero-order valence-electron chi connectivity index (χ0n) is 13.2. The molecule has 3 aliphatic rings. The molecule has 2 fully saturated rings. The molecule has 0 radical (unpaired) electrons. The van der Waals surface area contributed by atoms with E-state index in [0.29, 0.717) is 5.82 Å². The van der Waals surface area contributed by atoms with Gasteiger partial charge in [-0.05, 0) is 17.4 Å². The van der Waals surface area contributed by atoms with Crippen molar-refractivity contribution in [2.75, 3.05) is 6.61 Å². The molecule has 6 atom stereocenters. The van der Waals surface area contributed by atoms with Gasteiger partial charge in [0, 0.05) is 13.8 Å². The summed E-state index contributed by atoms with van der Waals surface area (Å²) in [5.41, 5.74) is 0. The smallest absolute Gasteiger partial charge is 0.303 e. The van der Waals surface area contributed by atoms with Gasteiger partial charge >= 0.3 is 11.9 Å². The molecule has 24 heavy (non-hydrogen) atoms. The van der Waals surface area contributed by atoms with Crippen LogP contribution in [0, 0.1) is 0 Å². The van der Waals surface area contributed by atoms with Gasteiger partial charge in [-0.1, -0.05) is 0 Å². The summed E-state index contributed by atoms with van der Waals surface area (Å²) >= 11 is 0. The van der Waals surface area contributed by atoms with Gasteiger partial charge in [0.1, 0.15) is 24.9 Å². The molecule has 4 rings (SSSR count). The Hall–Kier alpha value is -2.11. The third-order valence-electron chi connectivity index (χ3n) is 4.25. The van der Waals surface area contributed by atoms with Crippen LogP contribution in [0.25, 0.3) is 0 Å². The molecular weight excluding hydrogens is 324 g/mol. The number of carbonyl (C=O) groups is 2. The Balaban J connectivity index is 1.72. The molecule has 3 aliphatic heterocycles. The van der Waals surface area contributed by atoms with Crippen LogP contribution in [-0.4, -0.2) is 63.4 Å².